The summed E-state index contributed by atoms with van der Waals surface area (Å²) in [4.78, 5) is 8.32. The number of pyridine rings is 2. The molecule has 0 aliphatic carbocycles. The van der Waals surface area contributed by atoms with Crippen LogP contribution in [0.2, 0.25) is 0 Å². The molecule has 23 heavy (non-hydrogen) atoms. The average Bonchev–Trinajstić information content (AvgIpc) is 2.58. The number of anilines is 1. The van der Waals surface area contributed by atoms with Crippen LogP contribution >= 0.6 is 0 Å². The number of hydrogen-bond acceptors (Lipinski definition) is 6. The predicted octanol–water partition coefficient (Wildman–Crippen LogP) is 1.50. The van der Waals surface area contributed by atoms with Gasteiger partial charge in [0.25, 0.3) is 0 Å². The Kier molecular flexibility index (Phi) is 4.32. The summed E-state index contributed by atoms with van der Waals surface area (Å²) in [6.07, 6.45) is 5.74. The molecular weight excluding hydrogens is 314 g/mol. The highest BCUT2D eigenvalue weighted by molar-refractivity contribution is 7.91. The summed E-state index contributed by atoms with van der Waals surface area (Å²) >= 11 is 0. The lowest BCUT2D eigenvalue weighted by atomic mass is 9.97. The van der Waals surface area contributed by atoms with Gasteiger partial charge in [0.05, 0.1) is 17.1 Å². The maximum absolute atomic E-state index is 11.4. The molecule has 2 aromatic heterocycles. The monoisotopic (exact) mass is 333 g/mol. The summed E-state index contributed by atoms with van der Waals surface area (Å²) in [5.41, 5.74) is 1.03. The third-order valence-corrected chi connectivity index (χ3v) is 5.78. The maximum atomic E-state index is 11.4. The van der Waals surface area contributed by atoms with Crippen molar-refractivity contribution in [2.24, 2.45) is 0 Å². The van der Waals surface area contributed by atoms with E-state index in [4.69, 9.17) is 0 Å². The molecule has 0 amide bonds. The van der Waals surface area contributed by atoms with E-state index in [0.717, 1.165) is 11.1 Å². The van der Waals surface area contributed by atoms with Crippen molar-refractivity contribution in [1.29, 1.82) is 0 Å². The molecule has 3 heterocycles. The van der Waals surface area contributed by atoms with Crippen LogP contribution in [-0.4, -0.2) is 47.1 Å². The summed E-state index contributed by atoms with van der Waals surface area (Å²) < 4.78 is 22.9. The van der Waals surface area contributed by atoms with Gasteiger partial charge < -0.3 is 10.4 Å². The summed E-state index contributed by atoms with van der Waals surface area (Å²) in [7, 11) is -2.98. The van der Waals surface area contributed by atoms with Crippen molar-refractivity contribution in [3.05, 3.63) is 42.9 Å². The van der Waals surface area contributed by atoms with E-state index in [9.17, 15) is 13.5 Å². The van der Waals surface area contributed by atoms with E-state index in [0.29, 0.717) is 12.4 Å². The van der Waals surface area contributed by atoms with Gasteiger partial charge >= 0.3 is 0 Å². The Labute approximate surface area is 135 Å². The Morgan fingerprint density at radius 1 is 1.09 bits per heavy atom. The third kappa shape index (κ3) is 4.05. The van der Waals surface area contributed by atoms with Gasteiger partial charge in [0, 0.05) is 30.7 Å². The van der Waals surface area contributed by atoms with Gasteiger partial charge in [-0.1, -0.05) is 0 Å². The molecule has 0 aromatic carbocycles. The molecule has 122 valence electrons. The minimum Gasteiger partial charge on any atom is -0.388 e. The number of hydrogen-bond donors (Lipinski definition) is 2. The van der Waals surface area contributed by atoms with Gasteiger partial charge in [0.15, 0.2) is 9.84 Å². The molecule has 1 saturated heterocycles. The molecule has 1 fully saturated rings. The molecule has 0 bridgehead atoms. The van der Waals surface area contributed by atoms with Crippen LogP contribution in [-0.2, 0) is 9.84 Å². The molecule has 0 saturated carbocycles. The number of aliphatic hydroxyl groups is 1. The second-order valence-electron chi connectivity index (χ2n) is 5.90. The van der Waals surface area contributed by atoms with Crippen molar-refractivity contribution in [1.82, 2.24) is 9.97 Å². The zero-order valence-corrected chi connectivity index (χ0v) is 13.5. The topological polar surface area (TPSA) is 92.2 Å². The van der Waals surface area contributed by atoms with Crippen molar-refractivity contribution in [2.45, 2.75) is 18.4 Å². The van der Waals surface area contributed by atoms with Gasteiger partial charge in [-0.15, -0.1) is 0 Å². The second kappa shape index (κ2) is 6.25. The summed E-state index contributed by atoms with van der Waals surface area (Å²) in [6.45, 7) is 0.296. The fourth-order valence-corrected chi connectivity index (χ4v) is 4.15. The van der Waals surface area contributed by atoms with Crippen molar-refractivity contribution in [3.63, 3.8) is 0 Å². The van der Waals surface area contributed by atoms with Crippen molar-refractivity contribution < 1.29 is 13.5 Å². The quantitative estimate of drug-likeness (QED) is 0.881. The number of nitrogens with one attached hydrogen (secondary N) is 1. The first-order valence-corrected chi connectivity index (χ1v) is 9.31. The van der Waals surface area contributed by atoms with Crippen molar-refractivity contribution >= 4 is 15.7 Å². The van der Waals surface area contributed by atoms with Crippen LogP contribution in [0.15, 0.2) is 42.9 Å². The first-order chi connectivity index (χ1) is 11.0. The fraction of sp³-hybridized carbons (Fsp3) is 0.375. The SMILES string of the molecule is O=S1(=O)CCC(O)(CNc2ccc(-c3ccncc3)cn2)CC1. The zero-order chi connectivity index (χ0) is 16.3. The van der Waals surface area contributed by atoms with Gasteiger partial charge in [-0.05, 0) is 42.7 Å². The summed E-state index contributed by atoms with van der Waals surface area (Å²) in [6, 6.07) is 7.61. The first kappa shape index (κ1) is 15.9. The Balaban J connectivity index is 1.61. The van der Waals surface area contributed by atoms with Crippen molar-refractivity contribution in [2.75, 3.05) is 23.4 Å². The molecule has 0 spiro atoms. The van der Waals surface area contributed by atoms with Crippen LogP contribution in [0.3, 0.4) is 0 Å². The van der Waals surface area contributed by atoms with Crippen LogP contribution in [0.25, 0.3) is 11.1 Å². The molecule has 0 radical (unpaired) electrons. The van der Waals surface area contributed by atoms with Gasteiger partial charge in [0.1, 0.15) is 5.82 Å². The van der Waals surface area contributed by atoms with Gasteiger partial charge in [-0.2, -0.15) is 0 Å². The lowest BCUT2D eigenvalue weighted by molar-refractivity contribution is 0.0435. The molecule has 3 rings (SSSR count). The van der Waals surface area contributed by atoms with Crippen LogP contribution in [0, 0.1) is 0 Å². The summed E-state index contributed by atoms with van der Waals surface area (Å²) in [5, 5.41) is 13.5. The van der Waals surface area contributed by atoms with E-state index >= 15 is 0 Å². The van der Waals surface area contributed by atoms with Gasteiger partial charge in [-0.3, -0.25) is 4.98 Å². The molecular formula is C16H19N3O3S. The Bertz CT molecular complexity index is 747. The minimum absolute atomic E-state index is 0.0413. The van der Waals surface area contributed by atoms with E-state index in [-0.39, 0.29) is 24.3 Å². The van der Waals surface area contributed by atoms with Crippen LogP contribution in [0.1, 0.15) is 12.8 Å². The van der Waals surface area contributed by atoms with E-state index < -0.39 is 15.4 Å². The fourth-order valence-electron chi connectivity index (χ4n) is 2.56. The van der Waals surface area contributed by atoms with Crippen LogP contribution < -0.4 is 5.32 Å². The normalized spacial score (nSPS) is 19.2. The molecule has 0 unspecified atom stereocenters. The molecule has 1 aliphatic rings. The van der Waals surface area contributed by atoms with E-state index in [1.54, 1.807) is 18.6 Å². The predicted molar refractivity (Wildman–Crippen MR) is 88.8 cm³/mol. The average molecular weight is 333 g/mol. The highest BCUT2D eigenvalue weighted by Gasteiger charge is 2.35. The smallest absolute Gasteiger partial charge is 0.150 e. The number of aromatic nitrogens is 2. The number of sulfone groups is 1. The molecule has 2 aromatic rings. The second-order valence-corrected chi connectivity index (χ2v) is 8.20. The molecule has 7 heteroatoms. The van der Waals surface area contributed by atoms with Crippen molar-refractivity contribution in [3.8, 4) is 11.1 Å². The molecule has 1 aliphatic heterocycles. The summed E-state index contributed by atoms with van der Waals surface area (Å²) in [5.74, 6) is 0.740. The standard InChI is InChI=1S/C16H19N3O3S/c20-16(5-9-23(21,22)10-6-16)12-19-15-2-1-14(11-18-15)13-3-7-17-8-4-13/h1-4,7-8,11,20H,5-6,9-10,12H2,(H,18,19). The highest BCUT2D eigenvalue weighted by Crippen LogP contribution is 2.24. The lowest BCUT2D eigenvalue weighted by Crippen LogP contribution is -2.44. The molecule has 6 nitrogen and oxygen atoms in total. The molecule has 0 atom stereocenters. The Morgan fingerprint density at radius 2 is 1.78 bits per heavy atom. The highest BCUT2D eigenvalue weighted by atomic mass is 32.2. The van der Waals surface area contributed by atoms with E-state index in [1.165, 1.54) is 0 Å². The molecule has 2 N–H and O–H groups in total. The maximum Gasteiger partial charge on any atom is 0.150 e. The van der Waals surface area contributed by atoms with Gasteiger partial charge in [0.2, 0.25) is 0 Å². The van der Waals surface area contributed by atoms with Crippen LogP contribution in [0.4, 0.5) is 5.82 Å². The van der Waals surface area contributed by atoms with Gasteiger partial charge in [-0.25, -0.2) is 13.4 Å². The lowest BCUT2D eigenvalue weighted by Gasteiger charge is -2.32. The number of nitrogens with zero attached hydrogens (tertiary/aromatic N) is 2. The van der Waals surface area contributed by atoms with Crippen LogP contribution in [0.5, 0.6) is 0 Å². The van der Waals surface area contributed by atoms with E-state index in [2.05, 4.69) is 15.3 Å². The Hall–Kier alpha value is -1.99. The number of rotatable bonds is 4. The minimum atomic E-state index is -2.98. The third-order valence-electron chi connectivity index (χ3n) is 4.13. The Morgan fingerprint density at radius 3 is 2.39 bits per heavy atom. The largest absolute Gasteiger partial charge is 0.388 e. The van der Waals surface area contributed by atoms with E-state index in [1.807, 2.05) is 24.3 Å². The first-order valence-electron chi connectivity index (χ1n) is 7.49. The zero-order valence-electron chi connectivity index (χ0n) is 12.6.